The third-order valence-electron chi connectivity index (χ3n) is 3.90. The van der Waals surface area contributed by atoms with Crippen molar-refractivity contribution in [3.05, 3.63) is 90.5 Å². The molecule has 2 N–H and O–H groups in total. The van der Waals surface area contributed by atoms with Crippen molar-refractivity contribution < 1.29 is 13.2 Å². The lowest BCUT2D eigenvalue weighted by Crippen LogP contribution is -2.09. The second kappa shape index (κ2) is 8.54. The van der Waals surface area contributed by atoms with Crippen LogP contribution in [0.2, 0.25) is 0 Å². The quantitative estimate of drug-likeness (QED) is 0.612. The Morgan fingerprint density at radius 3 is 1.96 bits per heavy atom. The molecule has 0 heterocycles. The molecule has 3 aromatic rings. The third-order valence-corrected chi connectivity index (χ3v) is 4.51. The molecule has 0 aliphatic heterocycles. The molecule has 0 saturated carbocycles. The normalized spacial score (nSPS) is 11.3. The fourth-order valence-electron chi connectivity index (χ4n) is 2.61. The number of carbonyl (C=O) groups is 1. The van der Waals surface area contributed by atoms with Crippen LogP contribution in [-0.4, -0.2) is 20.6 Å². The minimum Gasteiger partial charge on any atom is -0.323 e. The molecule has 0 aromatic heterocycles. The summed E-state index contributed by atoms with van der Waals surface area (Å²) in [6.45, 7) is 0. The van der Waals surface area contributed by atoms with E-state index in [1.54, 1.807) is 30.3 Å². The molecule has 28 heavy (non-hydrogen) atoms. The van der Waals surface area contributed by atoms with Gasteiger partial charge in [-0.2, -0.15) is 0 Å². The number of benzene rings is 3. The number of rotatable bonds is 6. The summed E-state index contributed by atoms with van der Waals surface area (Å²) < 4.78 is 24.8. The molecule has 6 heteroatoms. The maximum absolute atomic E-state index is 12.1. The Kier molecular flexibility index (Phi) is 5.91. The van der Waals surface area contributed by atoms with Crippen molar-refractivity contribution in [1.29, 1.82) is 0 Å². The zero-order valence-electron chi connectivity index (χ0n) is 15.3. The van der Waals surface area contributed by atoms with Crippen molar-refractivity contribution in [1.82, 2.24) is 0 Å². The van der Waals surface area contributed by atoms with Gasteiger partial charge in [0.2, 0.25) is 15.9 Å². The van der Waals surface area contributed by atoms with Crippen LogP contribution in [0.3, 0.4) is 0 Å². The first-order chi connectivity index (χ1) is 13.4. The molecule has 0 fully saturated rings. The Hall–Kier alpha value is -3.38. The predicted molar refractivity (Wildman–Crippen MR) is 114 cm³/mol. The summed E-state index contributed by atoms with van der Waals surface area (Å²) in [6, 6.07) is 24.4. The predicted octanol–water partition coefficient (Wildman–Crippen LogP) is 4.38. The van der Waals surface area contributed by atoms with E-state index in [-0.39, 0.29) is 5.91 Å². The first-order valence-electron chi connectivity index (χ1n) is 8.61. The van der Waals surface area contributed by atoms with E-state index in [4.69, 9.17) is 0 Å². The van der Waals surface area contributed by atoms with Gasteiger partial charge < -0.3 is 5.32 Å². The van der Waals surface area contributed by atoms with Gasteiger partial charge in [0.1, 0.15) is 0 Å². The summed E-state index contributed by atoms with van der Waals surface area (Å²) in [5, 5.41) is 2.82. The topological polar surface area (TPSA) is 75.3 Å². The summed E-state index contributed by atoms with van der Waals surface area (Å²) in [4.78, 5) is 12.1. The van der Waals surface area contributed by atoms with Crippen LogP contribution in [0.1, 0.15) is 5.56 Å². The lowest BCUT2D eigenvalue weighted by molar-refractivity contribution is -0.111. The van der Waals surface area contributed by atoms with Crippen molar-refractivity contribution in [2.24, 2.45) is 0 Å². The number of anilines is 2. The van der Waals surface area contributed by atoms with Crippen LogP contribution in [0.15, 0.2) is 84.9 Å². The van der Waals surface area contributed by atoms with Gasteiger partial charge in [-0.25, -0.2) is 8.42 Å². The number of carbonyl (C=O) groups excluding carboxylic acids is 1. The van der Waals surface area contributed by atoms with Crippen LogP contribution in [0.25, 0.3) is 17.2 Å². The van der Waals surface area contributed by atoms with Crippen LogP contribution in [0, 0.1) is 0 Å². The van der Waals surface area contributed by atoms with E-state index in [1.165, 1.54) is 6.08 Å². The van der Waals surface area contributed by atoms with Crippen LogP contribution in [0.4, 0.5) is 11.4 Å². The fourth-order valence-corrected chi connectivity index (χ4v) is 3.17. The molecule has 0 radical (unpaired) electrons. The van der Waals surface area contributed by atoms with E-state index >= 15 is 0 Å². The summed E-state index contributed by atoms with van der Waals surface area (Å²) in [6.07, 6.45) is 4.19. The highest BCUT2D eigenvalue weighted by Crippen LogP contribution is 2.21. The van der Waals surface area contributed by atoms with Gasteiger partial charge >= 0.3 is 0 Å². The molecular formula is C22H20N2O3S. The summed E-state index contributed by atoms with van der Waals surface area (Å²) >= 11 is 0. The minimum atomic E-state index is -3.30. The first-order valence-corrected chi connectivity index (χ1v) is 10.5. The van der Waals surface area contributed by atoms with Gasteiger partial charge in [0.25, 0.3) is 0 Å². The minimum absolute atomic E-state index is 0.245. The van der Waals surface area contributed by atoms with Gasteiger partial charge in [0.15, 0.2) is 0 Å². The van der Waals surface area contributed by atoms with E-state index < -0.39 is 10.0 Å². The largest absolute Gasteiger partial charge is 0.323 e. The molecule has 0 unspecified atom stereocenters. The Balaban J connectivity index is 1.59. The average Bonchev–Trinajstić information content (AvgIpc) is 2.68. The van der Waals surface area contributed by atoms with Gasteiger partial charge in [0, 0.05) is 17.5 Å². The molecule has 5 nitrogen and oxygen atoms in total. The van der Waals surface area contributed by atoms with E-state index in [0.717, 1.165) is 22.9 Å². The monoisotopic (exact) mass is 392 g/mol. The van der Waals surface area contributed by atoms with E-state index in [1.807, 2.05) is 54.6 Å². The number of hydrogen-bond donors (Lipinski definition) is 2. The van der Waals surface area contributed by atoms with E-state index in [2.05, 4.69) is 10.0 Å². The fraction of sp³-hybridized carbons (Fsp3) is 0.0455. The zero-order valence-corrected chi connectivity index (χ0v) is 16.1. The highest BCUT2D eigenvalue weighted by molar-refractivity contribution is 7.92. The van der Waals surface area contributed by atoms with Gasteiger partial charge in [-0.15, -0.1) is 0 Å². The standard InChI is InChI=1S/C22H20N2O3S/c1-28(26,27)24-21-12-7-17(8-13-21)9-16-22(25)23-20-14-10-19(11-15-20)18-5-3-2-4-6-18/h2-16,24H,1H3,(H,23,25)/b16-9+. The Bertz CT molecular complexity index is 1070. The van der Waals surface area contributed by atoms with Crippen molar-refractivity contribution in [3.8, 4) is 11.1 Å². The molecule has 3 rings (SSSR count). The number of sulfonamides is 1. The smallest absolute Gasteiger partial charge is 0.248 e. The van der Waals surface area contributed by atoms with Gasteiger partial charge in [-0.1, -0.05) is 54.6 Å². The SMILES string of the molecule is CS(=O)(=O)Nc1ccc(/C=C/C(=O)Nc2ccc(-c3ccccc3)cc2)cc1. The second-order valence-corrected chi connectivity index (χ2v) is 8.01. The molecule has 0 aliphatic rings. The Morgan fingerprint density at radius 2 is 1.36 bits per heavy atom. The lowest BCUT2D eigenvalue weighted by atomic mass is 10.1. The Morgan fingerprint density at radius 1 is 0.786 bits per heavy atom. The van der Waals surface area contributed by atoms with Crippen LogP contribution in [0.5, 0.6) is 0 Å². The van der Waals surface area contributed by atoms with Crippen molar-refractivity contribution in [2.45, 2.75) is 0 Å². The summed E-state index contributed by atoms with van der Waals surface area (Å²) in [5.74, 6) is -0.245. The first kappa shape index (κ1) is 19.4. The van der Waals surface area contributed by atoms with Gasteiger partial charge in [-0.05, 0) is 47.0 Å². The average molecular weight is 392 g/mol. The maximum atomic E-state index is 12.1. The van der Waals surface area contributed by atoms with Crippen LogP contribution >= 0.6 is 0 Å². The molecule has 0 aliphatic carbocycles. The molecule has 0 bridgehead atoms. The molecule has 3 aromatic carbocycles. The highest BCUT2D eigenvalue weighted by atomic mass is 32.2. The number of amides is 1. The van der Waals surface area contributed by atoms with Crippen molar-refractivity contribution >= 4 is 33.4 Å². The van der Waals surface area contributed by atoms with Crippen LogP contribution in [-0.2, 0) is 14.8 Å². The van der Waals surface area contributed by atoms with Crippen molar-refractivity contribution in [3.63, 3.8) is 0 Å². The Labute approximate surface area is 164 Å². The van der Waals surface area contributed by atoms with Gasteiger partial charge in [0.05, 0.1) is 6.26 Å². The van der Waals surface area contributed by atoms with E-state index in [9.17, 15) is 13.2 Å². The zero-order chi connectivity index (χ0) is 20.0. The number of nitrogens with one attached hydrogen (secondary N) is 2. The highest BCUT2D eigenvalue weighted by Gasteiger charge is 2.02. The van der Waals surface area contributed by atoms with Gasteiger partial charge in [-0.3, -0.25) is 9.52 Å². The molecular weight excluding hydrogens is 372 g/mol. The molecule has 142 valence electrons. The van der Waals surface area contributed by atoms with Crippen molar-refractivity contribution in [2.75, 3.05) is 16.3 Å². The molecule has 1 amide bonds. The number of hydrogen-bond acceptors (Lipinski definition) is 3. The molecule has 0 spiro atoms. The lowest BCUT2D eigenvalue weighted by Gasteiger charge is -2.05. The second-order valence-electron chi connectivity index (χ2n) is 6.26. The molecule has 0 atom stereocenters. The van der Waals surface area contributed by atoms with Crippen LogP contribution < -0.4 is 10.0 Å². The molecule has 0 saturated heterocycles. The summed E-state index contributed by atoms with van der Waals surface area (Å²) in [5.41, 5.74) is 4.17. The summed E-state index contributed by atoms with van der Waals surface area (Å²) in [7, 11) is -3.30. The maximum Gasteiger partial charge on any atom is 0.248 e. The third kappa shape index (κ3) is 5.82. The van der Waals surface area contributed by atoms with E-state index in [0.29, 0.717) is 11.4 Å².